The van der Waals surface area contributed by atoms with E-state index in [1.807, 2.05) is 24.4 Å². The Labute approximate surface area is 106 Å². The molecular formula is C14H13ClN2. The van der Waals surface area contributed by atoms with E-state index in [-0.39, 0.29) is 0 Å². The smallest absolute Gasteiger partial charge is 0.129 e. The van der Waals surface area contributed by atoms with E-state index in [2.05, 4.69) is 29.0 Å². The topological polar surface area (TPSA) is 25.2 Å². The first-order valence-electron chi connectivity index (χ1n) is 5.41. The number of benzene rings is 1. The van der Waals surface area contributed by atoms with Crippen LogP contribution in [0, 0.1) is 6.92 Å². The highest BCUT2D eigenvalue weighted by atomic mass is 35.5. The minimum Gasteiger partial charge on any atom is -0.288 e. The maximum absolute atomic E-state index is 5.71. The van der Waals surface area contributed by atoms with Crippen LogP contribution in [0.25, 0.3) is 0 Å². The lowest BCUT2D eigenvalue weighted by atomic mass is 10.1. The lowest BCUT2D eigenvalue weighted by Crippen LogP contribution is -1.88. The highest BCUT2D eigenvalue weighted by molar-refractivity contribution is 6.29. The molecule has 1 aromatic carbocycles. The van der Waals surface area contributed by atoms with E-state index >= 15 is 0 Å². The first-order valence-corrected chi connectivity index (χ1v) is 5.79. The van der Waals surface area contributed by atoms with Gasteiger partial charge in [-0.25, -0.2) is 4.98 Å². The van der Waals surface area contributed by atoms with Crippen LogP contribution in [0.1, 0.15) is 16.7 Å². The van der Waals surface area contributed by atoms with Gasteiger partial charge in [-0.3, -0.25) is 4.99 Å². The SMILES string of the molecule is Cc1ccccc1C=NCc1ccc(Cl)nc1. The monoisotopic (exact) mass is 244 g/mol. The van der Waals surface area contributed by atoms with Gasteiger partial charge in [0, 0.05) is 12.4 Å². The van der Waals surface area contributed by atoms with E-state index in [0.717, 1.165) is 11.1 Å². The van der Waals surface area contributed by atoms with Gasteiger partial charge in [-0.1, -0.05) is 41.9 Å². The molecule has 1 aromatic heterocycles. The van der Waals surface area contributed by atoms with E-state index in [0.29, 0.717) is 11.7 Å². The Kier molecular flexibility index (Phi) is 3.89. The zero-order valence-corrected chi connectivity index (χ0v) is 10.4. The Hall–Kier alpha value is -1.67. The van der Waals surface area contributed by atoms with Crippen LogP contribution in [0.2, 0.25) is 5.15 Å². The number of aromatic nitrogens is 1. The Morgan fingerprint density at radius 3 is 2.76 bits per heavy atom. The summed E-state index contributed by atoms with van der Waals surface area (Å²) in [7, 11) is 0. The van der Waals surface area contributed by atoms with Crippen molar-refractivity contribution in [3.8, 4) is 0 Å². The molecule has 2 rings (SSSR count). The van der Waals surface area contributed by atoms with Crippen molar-refractivity contribution in [1.29, 1.82) is 0 Å². The highest BCUT2D eigenvalue weighted by Crippen LogP contribution is 2.07. The quantitative estimate of drug-likeness (QED) is 0.598. The summed E-state index contributed by atoms with van der Waals surface area (Å²) in [6, 6.07) is 11.9. The molecule has 0 aliphatic carbocycles. The standard InChI is InChI=1S/C14H13ClN2/c1-11-4-2-3-5-13(11)10-16-8-12-6-7-14(15)17-9-12/h2-7,9-10H,8H2,1H3. The molecule has 1 heterocycles. The van der Waals surface area contributed by atoms with Crippen molar-refractivity contribution in [2.24, 2.45) is 4.99 Å². The third kappa shape index (κ3) is 3.40. The largest absolute Gasteiger partial charge is 0.288 e. The molecule has 3 heteroatoms. The van der Waals surface area contributed by atoms with Gasteiger partial charge in [-0.2, -0.15) is 0 Å². The molecule has 0 fully saturated rings. The number of aliphatic imine (C=N–C) groups is 1. The van der Waals surface area contributed by atoms with Crippen molar-refractivity contribution >= 4 is 17.8 Å². The molecule has 86 valence electrons. The van der Waals surface area contributed by atoms with Crippen molar-refractivity contribution < 1.29 is 0 Å². The van der Waals surface area contributed by atoms with E-state index in [1.54, 1.807) is 12.3 Å². The van der Waals surface area contributed by atoms with Gasteiger partial charge in [0.1, 0.15) is 5.15 Å². The molecule has 0 atom stereocenters. The summed E-state index contributed by atoms with van der Waals surface area (Å²) >= 11 is 5.71. The molecular weight excluding hydrogens is 232 g/mol. The van der Waals surface area contributed by atoms with Crippen molar-refractivity contribution in [3.05, 3.63) is 64.4 Å². The van der Waals surface area contributed by atoms with E-state index < -0.39 is 0 Å². The first-order chi connectivity index (χ1) is 8.25. The minimum atomic E-state index is 0.511. The van der Waals surface area contributed by atoms with E-state index in [1.165, 1.54) is 5.56 Å². The normalized spacial score (nSPS) is 10.9. The molecule has 0 saturated heterocycles. The molecule has 17 heavy (non-hydrogen) atoms. The van der Waals surface area contributed by atoms with Crippen molar-refractivity contribution in [3.63, 3.8) is 0 Å². The number of halogens is 1. The molecule has 0 N–H and O–H groups in total. The van der Waals surface area contributed by atoms with Crippen molar-refractivity contribution in [2.45, 2.75) is 13.5 Å². The summed E-state index contributed by atoms with van der Waals surface area (Å²) in [4.78, 5) is 8.41. The number of rotatable bonds is 3. The highest BCUT2D eigenvalue weighted by Gasteiger charge is 1.93. The van der Waals surface area contributed by atoms with E-state index in [4.69, 9.17) is 11.6 Å². The summed E-state index contributed by atoms with van der Waals surface area (Å²) < 4.78 is 0. The maximum Gasteiger partial charge on any atom is 0.129 e. The Bertz CT molecular complexity index is 518. The van der Waals surface area contributed by atoms with Crippen LogP contribution in [-0.4, -0.2) is 11.2 Å². The average molecular weight is 245 g/mol. The van der Waals surface area contributed by atoms with Gasteiger partial charge in [-0.15, -0.1) is 0 Å². The molecule has 0 spiro atoms. The minimum absolute atomic E-state index is 0.511. The summed E-state index contributed by atoms with van der Waals surface area (Å²) in [6.45, 7) is 2.70. The van der Waals surface area contributed by atoms with Gasteiger partial charge < -0.3 is 0 Å². The fourth-order valence-corrected chi connectivity index (χ4v) is 1.59. The van der Waals surface area contributed by atoms with Crippen LogP contribution in [0.3, 0.4) is 0 Å². The maximum atomic E-state index is 5.71. The van der Waals surface area contributed by atoms with Crippen molar-refractivity contribution in [2.75, 3.05) is 0 Å². The lowest BCUT2D eigenvalue weighted by Gasteiger charge is -1.98. The molecule has 0 amide bonds. The zero-order valence-electron chi connectivity index (χ0n) is 9.60. The van der Waals surface area contributed by atoms with Crippen LogP contribution in [0.4, 0.5) is 0 Å². The molecule has 2 nitrogen and oxygen atoms in total. The predicted octanol–water partition coefficient (Wildman–Crippen LogP) is 3.66. The fourth-order valence-electron chi connectivity index (χ4n) is 1.48. The van der Waals surface area contributed by atoms with Crippen LogP contribution in [0.5, 0.6) is 0 Å². The lowest BCUT2D eigenvalue weighted by molar-refractivity contribution is 1.05. The van der Waals surface area contributed by atoms with E-state index in [9.17, 15) is 0 Å². The average Bonchev–Trinajstić information content (AvgIpc) is 2.34. The van der Waals surface area contributed by atoms with Crippen LogP contribution in [0.15, 0.2) is 47.6 Å². The number of aryl methyl sites for hydroxylation is 1. The second-order valence-corrected chi connectivity index (χ2v) is 4.20. The number of hydrogen-bond donors (Lipinski definition) is 0. The Morgan fingerprint density at radius 1 is 1.24 bits per heavy atom. The number of hydrogen-bond acceptors (Lipinski definition) is 2. The molecule has 0 aliphatic heterocycles. The summed E-state index contributed by atoms with van der Waals surface area (Å²) in [5, 5.41) is 0.511. The fraction of sp³-hybridized carbons (Fsp3) is 0.143. The molecule has 0 aliphatic rings. The Morgan fingerprint density at radius 2 is 2.06 bits per heavy atom. The zero-order chi connectivity index (χ0) is 12.1. The molecule has 0 unspecified atom stereocenters. The predicted molar refractivity (Wildman–Crippen MR) is 71.7 cm³/mol. The third-order valence-corrected chi connectivity index (χ3v) is 2.70. The van der Waals surface area contributed by atoms with Gasteiger partial charge >= 0.3 is 0 Å². The van der Waals surface area contributed by atoms with Gasteiger partial charge in [0.15, 0.2) is 0 Å². The molecule has 0 radical (unpaired) electrons. The first kappa shape index (κ1) is 11.8. The van der Waals surface area contributed by atoms with Crippen LogP contribution >= 0.6 is 11.6 Å². The second kappa shape index (κ2) is 5.60. The van der Waals surface area contributed by atoms with Crippen LogP contribution in [-0.2, 0) is 6.54 Å². The van der Waals surface area contributed by atoms with Gasteiger partial charge in [0.2, 0.25) is 0 Å². The number of nitrogens with zero attached hydrogens (tertiary/aromatic N) is 2. The summed E-state index contributed by atoms with van der Waals surface area (Å²) in [6.07, 6.45) is 3.64. The second-order valence-electron chi connectivity index (χ2n) is 3.82. The Balaban J connectivity index is 2.03. The molecule has 0 bridgehead atoms. The van der Waals surface area contributed by atoms with Gasteiger partial charge in [0.25, 0.3) is 0 Å². The van der Waals surface area contributed by atoms with Crippen LogP contribution < -0.4 is 0 Å². The molecule has 2 aromatic rings. The third-order valence-electron chi connectivity index (χ3n) is 2.48. The van der Waals surface area contributed by atoms with Gasteiger partial charge in [0.05, 0.1) is 6.54 Å². The summed E-state index contributed by atoms with van der Waals surface area (Å²) in [5.41, 5.74) is 3.43. The van der Waals surface area contributed by atoms with Crippen molar-refractivity contribution in [1.82, 2.24) is 4.98 Å². The van der Waals surface area contributed by atoms with Gasteiger partial charge in [-0.05, 0) is 29.7 Å². The molecule has 0 saturated carbocycles. The number of pyridine rings is 1. The summed E-state index contributed by atoms with van der Waals surface area (Å²) in [5.74, 6) is 0.